The second kappa shape index (κ2) is 2.41. The van der Waals surface area contributed by atoms with Crippen LogP contribution in [0.2, 0.25) is 0 Å². The molecule has 1 aromatic rings. The molecule has 0 aliphatic heterocycles. The molecular formula is C5H8N4. The van der Waals surface area contributed by atoms with Gasteiger partial charge in [0, 0.05) is 0 Å². The summed E-state index contributed by atoms with van der Waals surface area (Å²) >= 11 is 0. The summed E-state index contributed by atoms with van der Waals surface area (Å²) in [6, 6.07) is -0.229. The molecule has 0 radical (unpaired) electrons. The minimum Gasteiger partial charge on any atom is -0.318 e. The molecule has 1 aromatic heterocycles. The van der Waals surface area contributed by atoms with Gasteiger partial charge in [-0.2, -0.15) is 5.10 Å². The summed E-state index contributed by atoms with van der Waals surface area (Å²) in [6.07, 6.45) is 3.01. The van der Waals surface area contributed by atoms with Crippen LogP contribution in [0.1, 0.15) is 11.9 Å². The average Bonchev–Trinajstić information content (AvgIpc) is 2.37. The maximum absolute atomic E-state index is 5.49. The highest BCUT2D eigenvalue weighted by atomic mass is 15.2. The topological polar surface area (TPSA) is 67.6 Å². The number of nitrogens with one attached hydrogen (secondary N) is 1. The highest BCUT2D eigenvalue weighted by molar-refractivity contribution is 4.98. The second-order valence-corrected chi connectivity index (χ2v) is 1.63. The molecule has 0 aliphatic rings. The van der Waals surface area contributed by atoms with Gasteiger partial charge < -0.3 is 5.73 Å². The number of rotatable bonds is 2. The normalized spacial score (nSPS) is 13.0. The fourth-order valence-corrected chi connectivity index (χ4v) is 0.487. The highest BCUT2D eigenvalue weighted by Crippen LogP contribution is 2.00. The summed E-state index contributed by atoms with van der Waals surface area (Å²) in [5, 5.41) is 6.26. The van der Waals surface area contributed by atoms with E-state index in [9.17, 15) is 0 Å². The standard InChI is InChI=1S/C5H8N4/c1-2-4(6)5-7-3-8-9-5/h2-4H,1,6H2,(H,7,8,9). The van der Waals surface area contributed by atoms with Crippen molar-refractivity contribution in [3.63, 3.8) is 0 Å². The molecule has 0 aliphatic carbocycles. The zero-order chi connectivity index (χ0) is 6.69. The van der Waals surface area contributed by atoms with Crippen LogP contribution >= 0.6 is 0 Å². The summed E-state index contributed by atoms with van der Waals surface area (Å²) in [5.41, 5.74) is 5.49. The van der Waals surface area contributed by atoms with Crippen LogP contribution in [-0.4, -0.2) is 15.2 Å². The molecule has 1 unspecified atom stereocenters. The Kier molecular flexibility index (Phi) is 1.60. The van der Waals surface area contributed by atoms with Gasteiger partial charge in [0.05, 0.1) is 6.04 Å². The molecule has 1 atom stereocenters. The van der Waals surface area contributed by atoms with E-state index in [2.05, 4.69) is 21.8 Å². The third-order valence-electron chi connectivity index (χ3n) is 1.00. The van der Waals surface area contributed by atoms with Crippen molar-refractivity contribution in [2.45, 2.75) is 6.04 Å². The smallest absolute Gasteiger partial charge is 0.145 e. The Morgan fingerprint density at radius 2 is 2.67 bits per heavy atom. The van der Waals surface area contributed by atoms with Gasteiger partial charge in [-0.15, -0.1) is 6.58 Å². The van der Waals surface area contributed by atoms with Gasteiger partial charge in [0.15, 0.2) is 0 Å². The Balaban J connectivity index is 2.76. The Bertz CT molecular complexity index is 179. The van der Waals surface area contributed by atoms with Crippen molar-refractivity contribution in [1.29, 1.82) is 0 Å². The van der Waals surface area contributed by atoms with Crippen LogP contribution in [0.3, 0.4) is 0 Å². The lowest BCUT2D eigenvalue weighted by atomic mass is 10.3. The Labute approximate surface area is 52.8 Å². The van der Waals surface area contributed by atoms with Gasteiger partial charge in [-0.05, 0) is 0 Å². The molecule has 48 valence electrons. The second-order valence-electron chi connectivity index (χ2n) is 1.63. The van der Waals surface area contributed by atoms with E-state index in [0.29, 0.717) is 5.82 Å². The molecule has 0 spiro atoms. The number of aromatic nitrogens is 3. The maximum Gasteiger partial charge on any atom is 0.145 e. The molecular weight excluding hydrogens is 116 g/mol. The van der Waals surface area contributed by atoms with Crippen molar-refractivity contribution in [1.82, 2.24) is 15.2 Å². The number of aromatic amines is 1. The molecule has 0 saturated heterocycles. The molecule has 3 N–H and O–H groups in total. The first-order valence-electron chi connectivity index (χ1n) is 2.58. The molecule has 0 saturated carbocycles. The van der Waals surface area contributed by atoms with E-state index in [1.807, 2.05) is 0 Å². The van der Waals surface area contributed by atoms with E-state index in [1.165, 1.54) is 6.33 Å². The summed E-state index contributed by atoms with van der Waals surface area (Å²) in [6.45, 7) is 3.50. The SMILES string of the molecule is C=CC(N)c1ncn[nH]1. The van der Waals surface area contributed by atoms with Crippen LogP contribution in [0.15, 0.2) is 19.0 Å². The molecule has 0 aromatic carbocycles. The first kappa shape index (κ1) is 5.97. The third-order valence-corrected chi connectivity index (χ3v) is 1.00. The quantitative estimate of drug-likeness (QED) is 0.545. The molecule has 0 bridgehead atoms. The van der Waals surface area contributed by atoms with E-state index >= 15 is 0 Å². The number of nitrogens with two attached hydrogens (primary N) is 1. The van der Waals surface area contributed by atoms with Gasteiger partial charge in [0.1, 0.15) is 12.2 Å². The lowest BCUT2D eigenvalue weighted by Crippen LogP contribution is -2.08. The first-order valence-corrected chi connectivity index (χ1v) is 2.58. The van der Waals surface area contributed by atoms with Gasteiger partial charge in [0.2, 0.25) is 0 Å². The number of hydrogen-bond donors (Lipinski definition) is 2. The van der Waals surface area contributed by atoms with E-state index in [0.717, 1.165) is 0 Å². The summed E-state index contributed by atoms with van der Waals surface area (Å²) in [7, 11) is 0. The van der Waals surface area contributed by atoms with Crippen molar-refractivity contribution in [2.24, 2.45) is 5.73 Å². The van der Waals surface area contributed by atoms with Gasteiger partial charge in [-0.25, -0.2) is 4.98 Å². The molecule has 0 amide bonds. The molecule has 9 heavy (non-hydrogen) atoms. The Morgan fingerprint density at radius 3 is 3.11 bits per heavy atom. The van der Waals surface area contributed by atoms with Crippen LogP contribution < -0.4 is 5.73 Å². The Morgan fingerprint density at radius 1 is 1.89 bits per heavy atom. The molecule has 4 nitrogen and oxygen atoms in total. The van der Waals surface area contributed by atoms with Gasteiger partial charge in [-0.3, -0.25) is 5.10 Å². The van der Waals surface area contributed by atoms with Gasteiger partial charge in [0.25, 0.3) is 0 Å². The predicted molar refractivity (Wildman–Crippen MR) is 33.5 cm³/mol. The van der Waals surface area contributed by atoms with Crippen LogP contribution in [0, 0.1) is 0 Å². The lowest BCUT2D eigenvalue weighted by molar-refractivity contribution is 0.816. The molecule has 4 heteroatoms. The number of nitrogens with zero attached hydrogens (tertiary/aromatic N) is 2. The van der Waals surface area contributed by atoms with Crippen molar-refractivity contribution in [3.8, 4) is 0 Å². The van der Waals surface area contributed by atoms with E-state index in [1.54, 1.807) is 6.08 Å². The van der Waals surface area contributed by atoms with E-state index in [-0.39, 0.29) is 6.04 Å². The van der Waals surface area contributed by atoms with Crippen molar-refractivity contribution in [2.75, 3.05) is 0 Å². The molecule has 1 heterocycles. The minimum absolute atomic E-state index is 0.229. The maximum atomic E-state index is 5.49. The summed E-state index contributed by atoms with van der Waals surface area (Å²) in [5.74, 6) is 0.644. The lowest BCUT2D eigenvalue weighted by Gasteiger charge is -1.96. The van der Waals surface area contributed by atoms with Crippen LogP contribution in [0.4, 0.5) is 0 Å². The first-order chi connectivity index (χ1) is 4.34. The fraction of sp³-hybridized carbons (Fsp3) is 0.200. The highest BCUT2D eigenvalue weighted by Gasteiger charge is 2.01. The van der Waals surface area contributed by atoms with Gasteiger partial charge >= 0.3 is 0 Å². The number of H-pyrrole nitrogens is 1. The summed E-state index contributed by atoms with van der Waals surface area (Å²) < 4.78 is 0. The van der Waals surface area contributed by atoms with Crippen molar-refractivity contribution < 1.29 is 0 Å². The third kappa shape index (κ3) is 1.14. The van der Waals surface area contributed by atoms with Gasteiger partial charge in [-0.1, -0.05) is 6.08 Å². The Hall–Kier alpha value is -1.16. The van der Waals surface area contributed by atoms with E-state index < -0.39 is 0 Å². The average molecular weight is 124 g/mol. The van der Waals surface area contributed by atoms with Crippen molar-refractivity contribution in [3.05, 3.63) is 24.8 Å². The zero-order valence-electron chi connectivity index (χ0n) is 4.91. The largest absolute Gasteiger partial charge is 0.318 e. The fourth-order valence-electron chi connectivity index (χ4n) is 0.487. The predicted octanol–water partition coefficient (Wildman–Crippen LogP) is -0.00950. The molecule has 1 rings (SSSR count). The van der Waals surface area contributed by atoms with Crippen molar-refractivity contribution >= 4 is 0 Å². The number of hydrogen-bond acceptors (Lipinski definition) is 3. The monoisotopic (exact) mass is 124 g/mol. The van der Waals surface area contributed by atoms with Crippen LogP contribution in [0.5, 0.6) is 0 Å². The van der Waals surface area contributed by atoms with Crippen LogP contribution in [0.25, 0.3) is 0 Å². The van der Waals surface area contributed by atoms with Crippen LogP contribution in [-0.2, 0) is 0 Å². The zero-order valence-corrected chi connectivity index (χ0v) is 4.91. The summed E-state index contributed by atoms with van der Waals surface area (Å²) in [4.78, 5) is 3.82. The molecule has 0 fully saturated rings. The minimum atomic E-state index is -0.229. The van der Waals surface area contributed by atoms with E-state index in [4.69, 9.17) is 5.73 Å².